The lowest BCUT2D eigenvalue weighted by molar-refractivity contribution is -0.167. The molecule has 1 aromatic carbocycles. The van der Waals surface area contributed by atoms with Crippen molar-refractivity contribution in [2.75, 3.05) is 5.32 Å². The Hall–Kier alpha value is -1.59. The highest BCUT2D eigenvalue weighted by molar-refractivity contribution is 5.95. The minimum absolute atomic E-state index is 0.229. The van der Waals surface area contributed by atoms with Gasteiger partial charge in [0.15, 0.2) is 0 Å². The first-order chi connectivity index (χ1) is 6.82. The molecule has 0 bridgehead atoms. The van der Waals surface area contributed by atoms with Gasteiger partial charge in [-0.3, -0.25) is 4.79 Å². The first kappa shape index (κ1) is 11.5. The molecule has 0 atom stereocenters. The third-order valence-electron chi connectivity index (χ3n) is 1.72. The average Bonchev–Trinajstić information content (AvgIpc) is 2.09. The maximum absolute atomic E-state index is 13.0. The molecule has 0 aliphatic rings. The van der Waals surface area contributed by atoms with Gasteiger partial charge in [-0.05, 0) is 18.6 Å². The van der Waals surface area contributed by atoms with E-state index in [1.807, 2.05) is 0 Å². The third kappa shape index (κ3) is 2.68. The van der Waals surface area contributed by atoms with Gasteiger partial charge < -0.3 is 5.32 Å². The summed E-state index contributed by atoms with van der Waals surface area (Å²) in [6.45, 7) is 1.40. The Morgan fingerprint density at radius 2 is 1.93 bits per heavy atom. The van der Waals surface area contributed by atoms with E-state index in [1.165, 1.54) is 24.4 Å². The van der Waals surface area contributed by atoms with Crippen molar-refractivity contribution in [2.24, 2.45) is 0 Å². The van der Waals surface area contributed by atoms with Crippen molar-refractivity contribution in [1.29, 1.82) is 0 Å². The molecule has 2 nitrogen and oxygen atoms in total. The van der Waals surface area contributed by atoms with Gasteiger partial charge in [0, 0.05) is 0 Å². The molecule has 1 rings (SSSR count). The van der Waals surface area contributed by atoms with Crippen molar-refractivity contribution in [3.8, 4) is 0 Å². The zero-order chi connectivity index (χ0) is 11.6. The van der Waals surface area contributed by atoms with E-state index in [9.17, 15) is 22.4 Å². The fraction of sp³-hybridized carbons (Fsp3) is 0.222. The first-order valence-electron chi connectivity index (χ1n) is 3.95. The molecule has 0 heterocycles. The number of hydrogen-bond acceptors (Lipinski definition) is 1. The van der Waals surface area contributed by atoms with E-state index in [0.717, 1.165) is 6.07 Å². The number of rotatable bonds is 1. The summed E-state index contributed by atoms with van der Waals surface area (Å²) in [5.74, 6) is -3.08. The second-order valence-electron chi connectivity index (χ2n) is 2.88. The minimum atomic E-state index is -5.02. The summed E-state index contributed by atoms with van der Waals surface area (Å²) in [6, 6.07) is 3.71. The Bertz CT molecular complexity index is 366. The second-order valence-corrected chi connectivity index (χ2v) is 2.88. The average molecular weight is 221 g/mol. The molecule has 0 radical (unpaired) electrons. The van der Waals surface area contributed by atoms with E-state index < -0.39 is 23.6 Å². The van der Waals surface area contributed by atoms with Gasteiger partial charge in [-0.1, -0.05) is 12.1 Å². The van der Waals surface area contributed by atoms with Gasteiger partial charge in [0.05, 0.1) is 5.69 Å². The van der Waals surface area contributed by atoms with Crippen LogP contribution in [0, 0.1) is 12.7 Å². The number of anilines is 1. The quantitative estimate of drug-likeness (QED) is 0.725. The molecular formula is C9H7F4NO. The van der Waals surface area contributed by atoms with E-state index in [4.69, 9.17) is 0 Å². The number of para-hydroxylation sites is 1. The van der Waals surface area contributed by atoms with E-state index >= 15 is 0 Å². The van der Waals surface area contributed by atoms with Crippen LogP contribution in [0.2, 0.25) is 0 Å². The monoisotopic (exact) mass is 221 g/mol. The highest BCUT2D eigenvalue weighted by atomic mass is 19.4. The van der Waals surface area contributed by atoms with Crippen molar-refractivity contribution >= 4 is 11.6 Å². The Morgan fingerprint density at radius 3 is 2.40 bits per heavy atom. The topological polar surface area (TPSA) is 29.1 Å². The summed E-state index contributed by atoms with van der Waals surface area (Å²) in [5, 5.41) is 1.48. The van der Waals surface area contributed by atoms with Gasteiger partial charge in [-0.15, -0.1) is 0 Å². The van der Waals surface area contributed by atoms with Crippen LogP contribution >= 0.6 is 0 Å². The maximum Gasteiger partial charge on any atom is 0.471 e. The molecule has 1 aromatic rings. The lowest BCUT2D eigenvalue weighted by Crippen LogP contribution is -2.30. The van der Waals surface area contributed by atoms with E-state index in [2.05, 4.69) is 0 Å². The van der Waals surface area contributed by atoms with Crippen LogP contribution in [0.15, 0.2) is 18.2 Å². The standard InChI is InChI=1S/C9H7F4NO/c1-5-3-2-4-6(10)7(5)14-8(15)9(11,12)13/h2-4H,1H3,(H,14,15). The van der Waals surface area contributed by atoms with Crippen LogP contribution in [0.5, 0.6) is 0 Å². The van der Waals surface area contributed by atoms with Crippen LogP contribution in [0.25, 0.3) is 0 Å². The predicted octanol–water partition coefficient (Wildman–Crippen LogP) is 2.63. The minimum Gasteiger partial charge on any atom is -0.315 e. The number of aryl methyl sites for hydroxylation is 1. The fourth-order valence-electron chi connectivity index (χ4n) is 0.975. The summed E-state index contributed by atoms with van der Waals surface area (Å²) in [5.41, 5.74) is -0.215. The molecule has 0 fully saturated rings. The zero-order valence-electron chi connectivity index (χ0n) is 7.65. The Balaban J connectivity index is 2.95. The normalized spacial score (nSPS) is 11.3. The van der Waals surface area contributed by atoms with Gasteiger partial charge in [-0.2, -0.15) is 13.2 Å². The number of carbonyl (C=O) groups excluding carboxylic acids is 1. The number of hydrogen-bond donors (Lipinski definition) is 1. The lowest BCUT2D eigenvalue weighted by Gasteiger charge is -2.10. The molecule has 0 saturated heterocycles. The van der Waals surface area contributed by atoms with Gasteiger partial charge >= 0.3 is 12.1 Å². The highest BCUT2D eigenvalue weighted by Crippen LogP contribution is 2.22. The molecule has 1 N–H and O–H groups in total. The van der Waals surface area contributed by atoms with Gasteiger partial charge in [0.1, 0.15) is 5.82 Å². The second kappa shape index (κ2) is 3.88. The lowest BCUT2D eigenvalue weighted by atomic mass is 10.2. The van der Waals surface area contributed by atoms with Crippen LogP contribution in [0.1, 0.15) is 5.56 Å². The van der Waals surface area contributed by atoms with Crippen molar-refractivity contribution in [3.05, 3.63) is 29.6 Å². The zero-order valence-corrected chi connectivity index (χ0v) is 7.65. The maximum atomic E-state index is 13.0. The fourth-order valence-corrected chi connectivity index (χ4v) is 0.975. The van der Waals surface area contributed by atoms with Crippen LogP contribution in [-0.4, -0.2) is 12.1 Å². The molecule has 6 heteroatoms. The summed E-state index contributed by atoms with van der Waals surface area (Å²) >= 11 is 0. The molecule has 1 amide bonds. The summed E-state index contributed by atoms with van der Waals surface area (Å²) < 4.78 is 48.6. The number of halogens is 4. The molecule has 0 unspecified atom stereocenters. The SMILES string of the molecule is Cc1cccc(F)c1NC(=O)C(F)(F)F. The van der Waals surface area contributed by atoms with Crippen molar-refractivity contribution < 1.29 is 22.4 Å². The largest absolute Gasteiger partial charge is 0.471 e. The molecule has 82 valence electrons. The van der Waals surface area contributed by atoms with Crippen LogP contribution < -0.4 is 5.32 Å². The van der Waals surface area contributed by atoms with Crippen molar-refractivity contribution in [3.63, 3.8) is 0 Å². The van der Waals surface area contributed by atoms with Crippen LogP contribution in [-0.2, 0) is 4.79 Å². The highest BCUT2D eigenvalue weighted by Gasteiger charge is 2.39. The number of carbonyl (C=O) groups is 1. The number of nitrogens with one attached hydrogen (secondary N) is 1. The van der Waals surface area contributed by atoms with Crippen LogP contribution in [0.4, 0.5) is 23.2 Å². The molecule has 15 heavy (non-hydrogen) atoms. The number of benzene rings is 1. The first-order valence-corrected chi connectivity index (χ1v) is 3.95. The molecule has 0 aliphatic carbocycles. The van der Waals surface area contributed by atoms with Crippen molar-refractivity contribution in [2.45, 2.75) is 13.1 Å². The van der Waals surface area contributed by atoms with E-state index in [0.29, 0.717) is 0 Å². The number of alkyl halides is 3. The Labute approximate surface area is 82.9 Å². The smallest absolute Gasteiger partial charge is 0.315 e. The molecule has 0 saturated carbocycles. The van der Waals surface area contributed by atoms with Gasteiger partial charge in [0.25, 0.3) is 0 Å². The van der Waals surface area contributed by atoms with Gasteiger partial charge in [-0.25, -0.2) is 4.39 Å². The number of amides is 1. The Kier molecular flexibility index (Phi) is 2.97. The van der Waals surface area contributed by atoms with Gasteiger partial charge in [0.2, 0.25) is 0 Å². The summed E-state index contributed by atoms with van der Waals surface area (Å²) in [4.78, 5) is 10.5. The summed E-state index contributed by atoms with van der Waals surface area (Å²) in [7, 11) is 0. The third-order valence-corrected chi connectivity index (χ3v) is 1.72. The van der Waals surface area contributed by atoms with Crippen LogP contribution in [0.3, 0.4) is 0 Å². The summed E-state index contributed by atoms with van der Waals surface area (Å²) in [6.07, 6.45) is -5.02. The molecular weight excluding hydrogens is 214 g/mol. The van der Waals surface area contributed by atoms with E-state index in [1.54, 1.807) is 0 Å². The molecule has 0 aliphatic heterocycles. The van der Waals surface area contributed by atoms with E-state index in [-0.39, 0.29) is 5.56 Å². The molecule has 0 aromatic heterocycles. The molecule has 0 spiro atoms. The predicted molar refractivity (Wildman–Crippen MR) is 45.8 cm³/mol. The Morgan fingerprint density at radius 1 is 1.33 bits per heavy atom. The van der Waals surface area contributed by atoms with Crippen molar-refractivity contribution in [1.82, 2.24) is 0 Å².